The predicted octanol–water partition coefficient (Wildman–Crippen LogP) is 3.87. The van der Waals surface area contributed by atoms with Crippen molar-refractivity contribution in [1.82, 2.24) is 4.98 Å². The second kappa shape index (κ2) is 6.66. The molecular formula is C19H19NO4. The van der Waals surface area contributed by atoms with Gasteiger partial charge in [0.15, 0.2) is 0 Å². The molecule has 3 aromatic rings. The number of aromatic amines is 1. The number of carbonyl (C=O) groups is 1. The van der Waals surface area contributed by atoms with Crippen LogP contribution in [0.25, 0.3) is 22.2 Å². The second-order valence-electron chi connectivity index (χ2n) is 5.42. The fourth-order valence-electron chi connectivity index (χ4n) is 2.82. The first kappa shape index (κ1) is 15.9. The highest BCUT2D eigenvalue weighted by Gasteiger charge is 2.16. The van der Waals surface area contributed by atoms with Crippen molar-refractivity contribution in [2.45, 2.75) is 13.3 Å². The van der Waals surface area contributed by atoms with E-state index in [9.17, 15) is 9.90 Å². The number of aliphatic carboxylic acids is 1. The molecule has 0 bridgehead atoms. The van der Waals surface area contributed by atoms with Crippen LogP contribution in [0.3, 0.4) is 0 Å². The van der Waals surface area contributed by atoms with Gasteiger partial charge in [0.25, 0.3) is 0 Å². The van der Waals surface area contributed by atoms with Crippen molar-refractivity contribution in [3.8, 4) is 22.8 Å². The minimum atomic E-state index is -0.870. The lowest BCUT2D eigenvalue weighted by Crippen LogP contribution is -2.01. The molecule has 1 aromatic heterocycles. The minimum absolute atomic E-state index is 0.0598. The highest BCUT2D eigenvalue weighted by molar-refractivity contribution is 5.94. The molecule has 0 radical (unpaired) electrons. The average Bonchev–Trinajstić information content (AvgIpc) is 2.93. The van der Waals surface area contributed by atoms with Gasteiger partial charge in [-0.2, -0.15) is 0 Å². The molecule has 2 N–H and O–H groups in total. The molecule has 2 aromatic carbocycles. The van der Waals surface area contributed by atoms with Gasteiger partial charge in [-0.05, 0) is 60.5 Å². The van der Waals surface area contributed by atoms with Gasteiger partial charge in [-0.1, -0.05) is 0 Å². The van der Waals surface area contributed by atoms with Crippen LogP contribution in [-0.4, -0.2) is 29.8 Å². The number of benzene rings is 2. The quantitative estimate of drug-likeness (QED) is 0.722. The number of nitrogens with one attached hydrogen (secondary N) is 1. The van der Waals surface area contributed by atoms with E-state index in [2.05, 4.69) is 4.98 Å². The topological polar surface area (TPSA) is 71.5 Å². The molecule has 0 fully saturated rings. The zero-order valence-corrected chi connectivity index (χ0v) is 13.6. The number of H-pyrrole nitrogens is 1. The fourth-order valence-corrected chi connectivity index (χ4v) is 2.82. The summed E-state index contributed by atoms with van der Waals surface area (Å²) in [7, 11) is 1.60. The number of carboxylic acid groups (broad SMARTS) is 1. The van der Waals surface area contributed by atoms with Gasteiger partial charge in [0, 0.05) is 10.9 Å². The summed E-state index contributed by atoms with van der Waals surface area (Å²) in [6, 6.07) is 13.2. The molecule has 0 amide bonds. The molecule has 5 nitrogen and oxygen atoms in total. The van der Waals surface area contributed by atoms with E-state index >= 15 is 0 Å². The smallest absolute Gasteiger partial charge is 0.307 e. The summed E-state index contributed by atoms with van der Waals surface area (Å²) in [6.07, 6.45) is -0.0598. The maximum atomic E-state index is 11.3. The third-order valence-corrected chi connectivity index (χ3v) is 3.90. The molecule has 1 heterocycles. The largest absolute Gasteiger partial charge is 0.497 e. The number of ether oxygens (including phenoxy) is 2. The molecule has 0 spiro atoms. The van der Waals surface area contributed by atoms with Crippen molar-refractivity contribution in [1.29, 1.82) is 0 Å². The van der Waals surface area contributed by atoms with Crippen molar-refractivity contribution in [3.63, 3.8) is 0 Å². The second-order valence-corrected chi connectivity index (χ2v) is 5.42. The SMILES string of the molecule is CCOc1ccc(-c2[nH]c3ccc(OC)cc3c2CC(=O)O)cc1. The molecule has 0 aliphatic heterocycles. The highest BCUT2D eigenvalue weighted by atomic mass is 16.5. The Labute approximate surface area is 139 Å². The van der Waals surface area contributed by atoms with Gasteiger partial charge in [0.1, 0.15) is 11.5 Å². The van der Waals surface area contributed by atoms with Gasteiger partial charge in [0.2, 0.25) is 0 Å². The summed E-state index contributed by atoms with van der Waals surface area (Å²) >= 11 is 0. The summed E-state index contributed by atoms with van der Waals surface area (Å²) < 4.78 is 10.7. The van der Waals surface area contributed by atoms with Gasteiger partial charge < -0.3 is 19.6 Å². The van der Waals surface area contributed by atoms with Gasteiger partial charge >= 0.3 is 5.97 Å². The number of aromatic nitrogens is 1. The van der Waals surface area contributed by atoms with Crippen LogP contribution in [0.1, 0.15) is 12.5 Å². The van der Waals surface area contributed by atoms with Crippen LogP contribution in [0.5, 0.6) is 11.5 Å². The van der Waals surface area contributed by atoms with Crippen molar-refractivity contribution >= 4 is 16.9 Å². The molecule has 0 saturated heterocycles. The van der Waals surface area contributed by atoms with E-state index in [1.54, 1.807) is 7.11 Å². The molecule has 0 aliphatic rings. The van der Waals surface area contributed by atoms with Crippen LogP contribution in [0, 0.1) is 0 Å². The van der Waals surface area contributed by atoms with E-state index in [0.717, 1.165) is 33.5 Å². The lowest BCUT2D eigenvalue weighted by molar-refractivity contribution is -0.136. The van der Waals surface area contributed by atoms with Crippen molar-refractivity contribution in [2.75, 3.05) is 13.7 Å². The third kappa shape index (κ3) is 3.06. The minimum Gasteiger partial charge on any atom is -0.497 e. The summed E-state index contributed by atoms with van der Waals surface area (Å²) in [4.78, 5) is 14.7. The number of fused-ring (bicyclic) bond motifs is 1. The van der Waals surface area contributed by atoms with Crippen LogP contribution in [0.15, 0.2) is 42.5 Å². The average molecular weight is 325 g/mol. The Morgan fingerprint density at radius 1 is 1.12 bits per heavy atom. The van der Waals surface area contributed by atoms with Gasteiger partial charge in [0.05, 0.1) is 25.8 Å². The molecule has 0 aliphatic carbocycles. The standard InChI is InChI=1S/C19H19NO4/c1-3-24-13-6-4-12(5-7-13)19-16(11-18(21)22)15-10-14(23-2)8-9-17(15)20-19/h4-10,20H,3,11H2,1-2H3,(H,21,22). The fraction of sp³-hybridized carbons (Fsp3) is 0.211. The zero-order chi connectivity index (χ0) is 17.1. The van der Waals surface area contributed by atoms with Crippen molar-refractivity contribution in [3.05, 3.63) is 48.0 Å². The summed E-state index contributed by atoms with van der Waals surface area (Å²) in [5, 5.41) is 10.2. The lowest BCUT2D eigenvalue weighted by atomic mass is 10.0. The Bertz CT molecular complexity index is 865. The van der Waals surface area contributed by atoms with Gasteiger partial charge in [-0.3, -0.25) is 4.79 Å². The maximum Gasteiger partial charge on any atom is 0.307 e. The van der Waals surface area contributed by atoms with Crippen LogP contribution in [0.4, 0.5) is 0 Å². The first-order chi connectivity index (χ1) is 11.6. The Morgan fingerprint density at radius 2 is 1.83 bits per heavy atom. The number of methoxy groups -OCH3 is 1. The molecular weight excluding hydrogens is 306 g/mol. The zero-order valence-electron chi connectivity index (χ0n) is 13.6. The molecule has 124 valence electrons. The van der Waals surface area contributed by atoms with Crippen LogP contribution in [-0.2, 0) is 11.2 Å². The van der Waals surface area contributed by atoms with E-state index in [1.165, 1.54) is 0 Å². The number of rotatable bonds is 6. The molecule has 24 heavy (non-hydrogen) atoms. The highest BCUT2D eigenvalue weighted by Crippen LogP contribution is 2.33. The molecule has 0 unspecified atom stereocenters. The molecule has 0 saturated carbocycles. The number of hydrogen-bond acceptors (Lipinski definition) is 3. The van der Waals surface area contributed by atoms with Crippen LogP contribution >= 0.6 is 0 Å². The normalized spacial score (nSPS) is 10.8. The van der Waals surface area contributed by atoms with E-state index in [1.807, 2.05) is 49.4 Å². The summed E-state index contributed by atoms with van der Waals surface area (Å²) in [5.41, 5.74) is 3.37. The summed E-state index contributed by atoms with van der Waals surface area (Å²) in [5.74, 6) is 0.621. The molecule has 5 heteroatoms. The van der Waals surface area contributed by atoms with E-state index in [-0.39, 0.29) is 6.42 Å². The number of hydrogen-bond donors (Lipinski definition) is 2. The first-order valence-electron chi connectivity index (χ1n) is 7.76. The van der Waals surface area contributed by atoms with E-state index < -0.39 is 5.97 Å². The lowest BCUT2D eigenvalue weighted by Gasteiger charge is -2.06. The molecule has 3 rings (SSSR count). The van der Waals surface area contributed by atoms with Gasteiger partial charge in [-0.25, -0.2) is 0 Å². The van der Waals surface area contributed by atoms with Gasteiger partial charge in [-0.15, -0.1) is 0 Å². The van der Waals surface area contributed by atoms with Crippen molar-refractivity contribution < 1.29 is 19.4 Å². The van der Waals surface area contributed by atoms with Crippen LogP contribution < -0.4 is 9.47 Å². The number of carboxylic acids is 1. The Hall–Kier alpha value is -2.95. The first-order valence-corrected chi connectivity index (χ1v) is 7.76. The molecule has 0 atom stereocenters. The Morgan fingerprint density at radius 3 is 2.46 bits per heavy atom. The Kier molecular flexibility index (Phi) is 4.42. The predicted molar refractivity (Wildman–Crippen MR) is 92.8 cm³/mol. The monoisotopic (exact) mass is 325 g/mol. The van der Waals surface area contributed by atoms with E-state index in [4.69, 9.17) is 9.47 Å². The third-order valence-electron chi connectivity index (χ3n) is 3.90. The summed E-state index contributed by atoms with van der Waals surface area (Å²) in [6.45, 7) is 2.54. The Balaban J connectivity index is 2.13. The van der Waals surface area contributed by atoms with Crippen LogP contribution in [0.2, 0.25) is 0 Å². The van der Waals surface area contributed by atoms with Crippen molar-refractivity contribution in [2.24, 2.45) is 0 Å². The van der Waals surface area contributed by atoms with E-state index in [0.29, 0.717) is 12.4 Å². The maximum absolute atomic E-state index is 11.3.